The fourth-order valence-corrected chi connectivity index (χ4v) is 3.97. The summed E-state index contributed by atoms with van der Waals surface area (Å²) in [6, 6.07) is 10.4. The summed E-state index contributed by atoms with van der Waals surface area (Å²) in [5.41, 5.74) is -1.02. The van der Waals surface area contributed by atoms with Gasteiger partial charge in [-0.25, -0.2) is 0 Å². The van der Waals surface area contributed by atoms with Crippen LogP contribution in [0.15, 0.2) is 42.5 Å². The molecule has 1 fully saturated rings. The summed E-state index contributed by atoms with van der Waals surface area (Å²) in [4.78, 5) is 50.9. The van der Waals surface area contributed by atoms with Gasteiger partial charge < -0.3 is 5.11 Å². The molecular formula is C22H18O5. The first-order chi connectivity index (χ1) is 12.9. The largest absolute Gasteiger partial charge is 0.382 e. The second kappa shape index (κ2) is 6.35. The van der Waals surface area contributed by atoms with Gasteiger partial charge in [0.1, 0.15) is 5.60 Å². The molecule has 4 rings (SSSR count). The second-order valence-electron chi connectivity index (χ2n) is 7.21. The third-order valence-corrected chi connectivity index (χ3v) is 5.50. The number of hydrogen-bond donors (Lipinski definition) is 1. The monoisotopic (exact) mass is 362 g/mol. The molecule has 2 aliphatic rings. The Morgan fingerprint density at radius 3 is 1.96 bits per heavy atom. The highest BCUT2D eigenvalue weighted by Gasteiger charge is 2.39. The molecule has 5 nitrogen and oxygen atoms in total. The molecule has 0 amide bonds. The van der Waals surface area contributed by atoms with Crippen molar-refractivity contribution in [2.75, 3.05) is 0 Å². The maximum atomic E-state index is 12.9. The summed E-state index contributed by atoms with van der Waals surface area (Å²) in [5, 5.41) is 10.7. The number of fused-ring (bicyclic) bond motifs is 2. The van der Waals surface area contributed by atoms with E-state index in [9.17, 15) is 24.3 Å². The van der Waals surface area contributed by atoms with Crippen molar-refractivity contribution < 1.29 is 24.3 Å². The maximum absolute atomic E-state index is 12.9. The predicted octanol–water partition coefficient (Wildman–Crippen LogP) is 3.17. The van der Waals surface area contributed by atoms with E-state index in [2.05, 4.69) is 0 Å². The van der Waals surface area contributed by atoms with Gasteiger partial charge in [0.2, 0.25) is 11.6 Å². The number of aliphatic hydroxyl groups is 1. The zero-order valence-corrected chi connectivity index (χ0v) is 14.7. The van der Waals surface area contributed by atoms with Crippen LogP contribution in [0.4, 0.5) is 0 Å². The van der Waals surface area contributed by atoms with Crippen LogP contribution in [-0.2, 0) is 0 Å². The normalized spacial score (nSPS) is 18.5. The van der Waals surface area contributed by atoms with Crippen molar-refractivity contribution in [1.29, 1.82) is 0 Å². The lowest BCUT2D eigenvalue weighted by molar-refractivity contribution is 0.0116. The van der Waals surface area contributed by atoms with E-state index in [-0.39, 0.29) is 27.8 Å². The van der Waals surface area contributed by atoms with Crippen LogP contribution in [0.3, 0.4) is 0 Å². The molecule has 0 saturated heterocycles. The van der Waals surface area contributed by atoms with Gasteiger partial charge in [0.15, 0.2) is 11.6 Å². The van der Waals surface area contributed by atoms with Gasteiger partial charge in [-0.05, 0) is 25.0 Å². The summed E-state index contributed by atoms with van der Waals surface area (Å²) >= 11 is 0. The van der Waals surface area contributed by atoms with Crippen molar-refractivity contribution in [1.82, 2.24) is 0 Å². The average molecular weight is 362 g/mol. The smallest absolute Gasteiger partial charge is 0.234 e. The van der Waals surface area contributed by atoms with Gasteiger partial charge in [-0.1, -0.05) is 49.6 Å². The van der Waals surface area contributed by atoms with Gasteiger partial charge in [-0.3, -0.25) is 19.2 Å². The lowest BCUT2D eigenvalue weighted by atomic mass is 9.79. The first kappa shape index (κ1) is 17.5. The molecule has 0 unspecified atom stereocenters. The summed E-state index contributed by atoms with van der Waals surface area (Å²) in [6.07, 6.45) is 3.25. The minimum atomic E-state index is -1.45. The number of hydrogen-bond acceptors (Lipinski definition) is 5. The quantitative estimate of drug-likeness (QED) is 0.655. The predicted molar refractivity (Wildman–Crippen MR) is 97.3 cm³/mol. The number of carbonyl (C=O) groups is 4. The van der Waals surface area contributed by atoms with Gasteiger partial charge in [-0.15, -0.1) is 0 Å². The first-order valence-electron chi connectivity index (χ1n) is 9.06. The maximum Gasteiger partial charge on any atom is 0.234 e. The zero-order chi connectivity index (χ0) is 19.2. The molecule has 2 aromatic rings. The van der Waals surface area contributed by atoms with Crippen molar-refractivity contribution in [2.45, 2.75) is 37.7 Å². The number of rotatable bonds is 2. The van der Waals surface area contributed by atoms with Gasteiger partial charge >= 0.3 is 0 Å². The fourth-order valence-electron chi connectivity index (χ4n) is 3.97. The number of Topliss-reactive ketones (excluding diaryl/α,β-unsaturated/α-hetero) is 3. The van der Waals surface area contributed by atoms with Crippen molar-refractivity contribution >= 4 is 23.1 Å². The van der Waals surface area contributed by atoms with Gasteiger partial charge in [0, 0.05) is 27.8 Å². The molecule has 0 bridgehead atoms. The van der Waals surface area contributed by atoms with Crippen LogP contribution >= 0.6 is 0 Å². The van der Waals surface area contributed by atoms with Crippen LogP contribution in [0.2, 0.25) is 0 Å². The van der Waals surface area contributed by atoms with Crippen LogP contribution in [0.1, 0.15) is 79.1 Å². The summed E-state index contributed by atoms with van der Waals surface area (Å²) in [6.45, 7) is 0. The van der Waals surface area contributed by atoms with Gasteiger partial charge in [0.05, 0.1) is 0 Å². The average Bonchev–Trinajstić information content (AvgIpc) is 2.78. The van der Waals surface area contributed by atoms with E-state index in [0.717, 1.165) is 19.3 Å². The molecule has 0 spiro atoms. The number of ketones is 4. The SMILES string of the molecule is O=C1C(=O)c2cc(C(=O)C3(O)CCCCC3)ccc2C(=O)c2ccccc21. The molecule has 1 N–H and O–H groups in total. The van der Waals surface area contributed by atoms with E-state index < -0.39 is 28.7 Å². The van der Waals surface area contributed by atoms with E-state index in [1.54, 1.807) is 12.1 Å². The Bertz CT molecular complexity index is 996. The highest BCUT2D eigenvalue weighted by atomic mass is 16.3. The van der Waals surface area contributed by atoms with E-state index >= 15 is 0 Å². The second-order valence-corrected chi connectivity index (χ2v) is 7.21. The summed E-state index contributed by atoms with van der Waals surface area (Å²) in [5.74, 6) is -2.46. The van der Waals surface area contributed by atoms with E-state index in [1.807, 2.05) is 0 Å². The Kier molecular flexibility index (Phi) is 4.12. The first-order valence-corrected chi connectivity index (χ1v) is 9.06. The standard InChI is InChI=1S/C22H18O5/c23-18-14-6-2-3-7-15(14)19(24)20(25)17-12-13(8-9-16(17)18)21(26)22(27)10-4-1-5-11-22/h2-3,6-9,12,27H,1,4-5,10-11H2. The zero-order valence-electron chi connectivity index (χ0n) is 14.7. The van der Waals surface area contributed by atoms with Crippen molar-refractivity contribution in [3.8, 4) is 0 Å². The fraction of sp³-hybridized carbons (Fsp3) is 0.273. The van der Waals surface area contributed by atoms with Gasteiger partial charge in [-0.2, -0.15) is 0 Å². The number of benzene rings is 2. The van der Waals surface area contributed by atoms with Crippen LogP contribution in [-0.4, -0.2) is 33.8 Å². The molecule has 2 aromatic carbocycles. The summed E-state index contributed by atoms with van der Waals surface area (Å²) < 4.78 is 0. The third-order valence-electron chi connectivity index (χ3n) is 5.50. The Hall–Kier alpha value is -2.92. The minimum Gasteiger partial charge on any atom is -0.382 e. The third kappa shape index (κ3) is 2.75. The summed E-state index contributed by atoms with van der Waals surface area (Å²) in [7, 11) is 0. The topological polar surface area (TPSA) is 88.5 Å². The molecule has 0 aliphatic heterocycles. The van der Waals surface area contributed by atoms with Crippen LogP contribution in [0.5, 0.6) is 0 Å². The molecule has 0 atom stereocenters. The highest BCUT2D eigenvalue weighted by Crippen LogP contribution is 2.32. The Balaban J connectivity index is 1.81. The molecule has 0 radical (unpaired) electrons. The Morgan fingerprint density at radius 1 is 0.741 bits per heavy atom. The molecule has 2 aliphatic carbocycles. The van der Waals surface area contributed by atoms with Crippen molar-refractivity contribution in [3.63, 3.8) is 0 Å². The molecule has 27 heavy (non-hydrogen) atoms. The Labute approximate surface area is 156 Å². The van der Waals surface area contributed by atoms with E-state index in [4.69, 9.17) is 0 Å². The molecule has 0 aromatic heterocycles. The molecule has 136 valence electrons. The minimum absolute atomic E-state index is 0.0717. The van der Waals surface area contributed by atoms with E-state index in [1.165, 1.54) is 30.3 Å². The van der Waals surface area contributed by atoms with Crippen LogP contribution in [0, 0.1) is 0 Å². The van der Waals surface area contributed by atoms with E-state index in [0.29, 0.717) is 12.8 Å². The van der Waals surface area contributed by atoms with Crippen molar-refractivity contribution in [3.05, 3.63) is 70.3 Å². The molecule has 0 heterocycles. The van der Waals surface area contributed by atoms with Crippen LogP contribution < -0.4 is 0 Å². The lowest BCUT2D eigenvalue weighted by Crippen LogP contribution is -2.40. The Morgan fingerprint density at radius 2 is 1.30 bits per heavy atom. The molecular weight excluding hydrogens is 344 g/mol. The lowest BCUT2D eigenvalue weighted by Gasteiger charge is -2.30. The molecule has 5 heteroatoms. The van der Waals surface area contributed by atoms with Crippen LogP contribution in [0.25, 0.3) is 0 Å². The van der Waals surface area contributed by atoms with Crippen molar-refractivity contribution in [2.24, 2.45) is 0 Å². The number of carbonyl (C=O) groups excluding carboxylic acids is 4. The molecule has 1 saturated carbocycles. The van der Waals surface area contributed by atoms with Gasteiger partial charge in [0.25, 0.3) is 0 Å². The highest BCUT2D eigenvalue weighted by molar-refractivity contribution is 6.53.